The molecule has 0 aromatic heterocycles. The third kappa shape index (κ3) is 3.82. The van der Waals surface area contributed by atoms with Crippen LogP contribution in [0.2, 0.25) is 0 Å². The minimum atomic E-state index is -0.381. The summed E-state index contributed by atoms with van der Waals surface area (Å²) in [6.45, 7) is 6.11. The zero-order chi connectivity index (χ0) is 15.4. The van der Waals surface area contributed by atoms with E-state index < -0.39 is 0 Å². The van der Waals surface area contributed by atoms with Gasteiger partial charge in [-0.25, -0.2) is 4.39 Å². The van der Waals surface area contributed by atoms with E-state index in [2.05, 4.69) is 43.4 Å². The van der Waals surface area contributed by atoms with Gasteiger partial charge in [-0.1, -0.05) is 42.8 Å². The van der Waals surface area contributed by atoms with Gasteiger partial charge in [-0.15, -0.1) is 0 Å². The SMILES string of the molecule is CCC(NC(C)c1ccc(O)cc1F)c1ccc(C)cc1. The summed E-state index contributed by atoms with van der Waals surface area (Å²) in [6.07, 6.45) is 0.924. The van der Waals surface area contributed by atoms with Crippen molar-refractivity contribution >= 4 is 0 Å². The molecule has 3 heteroatoms. The lowest BCUT2D eigenvalue weighted by molar-refractivity contribution is 0.436. The number of phenolic OH excluding ortho intramolecular Hbond substituents is 1. The summed E-state index contributed by atoms with van der Waals surface area (Å²) in [4.78, 5) is 0. The smallest absolute Gasteiger partial charge is 0.131 e. The zero-order valence-electron chi connectivity index (χ0n) is 12.7. The van der Waals surface area contributed by atoms with Crippen LogP contribution in [0.1, 0.15) is 49.0 Å². The second kappa shape index (κ2) is 6.72. The van der Waals surface area contributed by atoms with Gasteiger partial charge < -0.3 is 10.4 Å². The summed E-state index contributed by atoms with van der Waals surface area (Å²) < 4.78 is 13.9. The molecule has 0 radical (unpaired) electrons. The number of hydrogen-bond donors (Lipinski definition) is 2. The van der Waals surface area contributed by atoms with Crippen LogP contribution in [0.4, 0.5) is 4.39 Å². The van der Waals surface area contributed by atoms with E-state index in [0.29, 0.717) is 5.56 Å². The van der Waals surface area contributed by atoms with Gasteiger partial charge in [0, 0.05) is 23.7 Å². The van der Waals surface area contributed by atoms with Gasteiger partial charge in [0.2, 0.25) is 0 Å². The van der Waals surface area contributed by atoms with E-state index in [1.165, 1.54) is 17.2 Å². The number of halogens is 1. The van der Waals surface area contributed by atoms with Crippen molar-refractivity contribution in [3.63, 3.8) is 0 Å². The van der Waals surface area contributed by atoms with Gasteiger partial charge in [-0.2, -0.15) is 0 Å². The van der Waals surface area contributed by atoms with Gasteiger partial charge in [0.15, 0.2) is 0 Å². The Balaban J connectivity index is 2.15. The minimum Gasteiger partial charge on any atom is -0.508 e. The first-order chi connectivity index (χ1) is 10.0. The Morgan fingerprint density at radius 2 is 1.81 bits per heavy atom. The van der Waals surface area contributed by atoms with Crippen molar-refractivity contribution < 1.29 is 9.50 Å². The molecule has 2 aromatic rings. The maximum Gasteiger partial charge on any atom is 0.131 e. The molecule has 2 aromatic carbocycles. The molecule has 0 aliphatic rings. The number of rotatable bonds is 5. The average molecular weight is 287 g/mol. The minimum absolute atomic E-state index is 0.0472. The molecular weight excluding hydrogens is 265 g/mol. The maximum absolute atomic E-state index is 13.9. The fourth-order valence-corrected chi connectivity index (χ4v) is 2.51. The highest BCUT2D eigenvalue weighted by Crippen LogP contribution is 2.25. The van der Waals surface area contributed by atoms with Gasteiger partial charge in [-0.05, 0) is 31.9 Å². The number of phenols is 1. The Morgan fingerprint density at radius 1 is 1.14 bits per heavy atom. The Bertz CT molecular complexity index is 595. The van der Waals surface area contributed by atoms with E-state index in [1.54, 1.807) is 6.07 Å². The molecule has 0 saturated heterocycles. The van der Waals surface area contributed by atoms with Gasteiger partial charge >= 0.3 is 0 Å². The molecule has 0 bridgehead atoms. The fraction of sp³-hybridized carbons (Fsp3) is 0.333. The molecule has 0 saturated carbocycles. The zero-order valence-corrected chi connectivity index (χ0v) is 12.7. The van der Waals surface area contributed by atoms with Crippen LogP contribution >= 0.6 is 0 Å². The molecule has 0 fully saturated rings. The van der Waals surface area contributed by atoms with Crippen LogP contribution in [0.25, 0.3) is 0 Å². The molecule has 0 aliphatic heterocycles. The van der Waals surface area contributed by atoms with Crippen molar-refractivity contribution in [2.24, 2.45) is 0 Å². The van der Waals surface area contributed by atoms with Crippen LogP contribution < -0.4 is 5.32 Å². The molecule has 0 aliphatic carbocycles. The molecule has 21 heavy (non-hydrogen) atoms. The molecule has 2 N–H and O–H groups in total. The lowest BCUT2D eigenvalue weighted by Crippen LogP contribution is -2.24. The molecule has 0 spiro atoms. The summed E-state index contributed by atoms with van der Waals surface area (Å²) in [5.41, 5.74) is 3.00. The predicted octanol–water partition coefficient (Wildman–Crippen LogP) is 4.64. The van der Waals surface area contributed by atoms with E-state index in [-0.39, 0.29) is 23.7 Å². The topological polar surface area (TPSA) is 32.3 Å². The number of hydrogen-bond acceptors (Lipinski definition) is 2. The van der Waals surface area contributed by atoms with E-state index in [4.69, 9.17) is 0 Å². The van der Waals surface area contributed by atoms with E-state index in [9.17, 15) is 9.50 Å². The first-order valence-corrected chi connectivity index (χ1v) is 7.32. The highest BCUT2D eigenvalue weighted by atomic mass is 19.1. The Hall–Kier alpha value is -1.87. The van der Waals surface area contributed by atoms with Gasteiger partial charge in [-0.3, -0.25) is 0 Å². The van der Waals surface area contributed by atoms with Crippen LogP contribution in [0.3, 0.4) is 0 Å². The standard InChI is InChI=1S/C18H22FNO/c1-4-18(14-7-5-12(2)6-8-14)20-13(3)16-10-9-15(21)11-17(16)19/h5-11,13,18,20-21H,4H2,1-3H3. The van der Waals surface area contributed by atoms with Crippen LogP contribution in [-0.4, -0.2) is 5.11 Å². The van der Waals surface area contributed by atoms with E-state index in [0.717, 1.165) is 12.5 Å². The lowest BCUT2D eigenvalue weighted by Gasteiger charge is -2.23. The molecule has 2 rings (SSSR count). The van der Waals surface area contributed by atoms with Crippen LogP contribution in [0.15, 0.2) is 42.5 Å². The second-order valence-electron chi connectivity index (χ2n) is 5.47. The number of benzene rings is 2. The van der Waals surface area contributed by atoms with E-state index >= 15 is 0 Å². The number of aromatic hydroxyl groups is 1. The molecule has 2 atom stereocenters. The van der Waals surface area contributed by atoms with Gasteiger partial charge in [0.05, 0.1) is 0 Å². The highest BCUT2D eigenvalue weighted by molar-refractivity contribution is 5.30. The highest BCUT2D eigenvalue weighted by Gasteiger charge is 2.16. The van der Waals surface area contributed by atoms with Crippen molar-refractivity contribution in [3.05, 3.63) is 65.0 Å². The molecule has 0 amide bonds. The quantitative estimate of drug-likeness (QED) is 0.839. The van der Waals surface area contributed by atoms with Crippen molar-refractivity contribution in [3.8, 4) is 5.75 Å². The summed E-state index contributed by atoms with van der Waals surface area (Å²) in [5, 5.41) is 12.7. The summed E-state index contributed by atoms with van der Waals surface area (Å²) in [5.74, 6) is -0.428. The Labute approximate surface area is 125 Å². The van der Waals surface area contributed by atoms with Crippen molar-refractivity contribution in [2.75, 3.05) is 0 Å². The predicted molar refractivity (Wildman–Crippen MR) is 83.8 cm³/mol. The number of aryl methyl sites for hydroxylation is 1. The van der Waals surface area contributed by atoms with Crippen molar-refractivity contribution in [1.82, 2.24) is 5.32 Å². The fourth-order valence-electron chi connectivity index (χ4n) is 2.51. The largest absolute Gasteiger partial charge is 0.508 e. The molecule has 0 heterocycles. The van der Waals surface area contributed by atoms with Crippen molar-refractivity contribution in [2.45, 2.75) is 39.3 Å². The van der Waals surface area contributed by atoms with Crippen LogP contribution in [0.5, 0.6) is 5.75 Å². The molecule has 112 valence electrons. The third-order valence-electron chi connectivity index (χ3n) is 3.79. The van der Waals surface area contributed by atoms with Gasteiger partial charge in [0.1, 0.15) is 11.6 Å². The first-order valence-electron chi connectivity index (χ1n) is 7.32. The summed E-state index contributed by atoms with van der Waals surface area (Å²) >= 11 is 0. The normalized spacial score (nSPS) is 13.9. The Morgan fingerprint density at radius 3 is 2.38 bits per heavy atom. The summed E-state index contributed by atoms with van der Waals surface area (Å²) in [7, 11) is 0. The first kappa shape index (κ1) is 15.5. The monoisotopic (exact) mass is 287 g/mol. The van der Waals surface area contributed by atoms with E-state index in [1.807, 2.05) is 6.92 Å². The van der Waals surface area contributed by atoms with Crippen molar-refractivity contribution in [1.29, 1.82) is 0 Å². The Kier molecular flexibility index (Phi) is 4.97. The maximum atomic E-state index is 13.9. The van der Waals surface area contributed by atoms with Crippen LogP contribution in [0, 0.1) is 12.7 Å². The second-order valence-corrected chi connectivity index (χ2v) is 5.47. The third-order valence-corrected chi connectivity index (χ3v) is 3.79. The number of nitrogens with one attached hydrogen (secondary N) is 1. The molecule has 2 nitrogen and oxygen atoms in total. The lowest BCUT2D eigenvalue weighted by atomic mass is 10.00. The average Bonchev–Trinajstić information content (AvgIpc) is 2.45. The summed E-state index contributed by atoms with van der Waals surface area (Å²) in [6, 6.07) is 12.7. The van der Waals surface area contributed by atoms with Gasteiger partial charge in [0.25, 0.3) is 0 Å². The molecule has 2 unspecified atom stereocenters. The van der Waals surface area contributed by atoms with Crippen LogP contribution in [-0.2, 0) is 0 Å². The molecular formula is C18H22FNO.